The van der Waals surface area contributed by atoms with Crippen molar-refractivity contribution in [1.82, 2.24) is 4.90 Å². The summed E-state index contributed by atoms with van der Waals surface area (Å²) in [6.07, 6.45) is 7.11. The second-order valence-corrected chi connectivity index (χ2v) is 6.80. The van der Waals surface area contributed by atoms with Gasteiger partial charge in [-0.05, 0) is 49.9 Å². The first-order valence-corrected chi connectivity index (χ1v) is 8.03. The van der Waals surface area contributed by atoms with Gasteiger partial charge in [0.2, 0.25) is 0 Å². The van der Waals surface area contributed by atoms with Crippen LogP contribution in [0.3, 0.4) is 0 Å². The topological polar surface area (TPSA) is 29.5 Å². The fourth-order valence-corrected chi connectivity index (χ4v) is 3.53. The predicted molar refractivity (Wildman–Crippen MR) is 77.0 cm³/mol. The van der Waals surface area contributed by atoms with Crippen molar-refractivity contribution in [3.05, 3.63) is 0 Å². The van der Waals surface area contributed by atoms with Crippen molar-refractivity contribution < 1.29 is 9.53 Å². The lowest BCUT2D eigenvalue weighted by atomic mass is 9.75. The first-order chi connectivity index (χ1) is 9.08. The van der Waals surface area contributed by atoms with Crippen LogP contribution >= 0.6 is 0 Å². The first kappa shape index (κ1) is 14.7. The number of carbonyl (C=O) groups is 1. The summed E-state index contributed by atoms with van der Waals surface area (Å²) in [4.78, 5) is 14.1. The Morgan fingerprint density at radius 2 is 1.84 bits per heavy atom. The summed E-state index contributed by atoms with van der Waals surface area (Å²) in [5, 5.41) is 0. The van der Waals surface area contributed by atoms with Gasteiger partial charge in [0.25, 0.3) is 0 Å². The molecule has 1 aliphatic heterocycles. The number of carbonyl (C=O) groups excluding carboxylic acids is 1. The van der Waals surface area contributed by atoms with Gasteiger partial charge >= 0.3 is 6.09 Å². The zero-order chi connectivity index (χ0) is 13.8. The molecular formula is C16H29NO2. The van der Waals surface area contributed by atoms with Crippen molar-refractivity contribution in [2.75, 3.05) is 13.1 Å². The molecule has 3 unspecified atom stereocenters. The lowest BCUT2D eigenvalue weighted by Gasteiger charge is -2.38. The van der Waals surface area contributed by atoms with E-state index in [1.54, 1.807) is 0 Å². The Morgan fingerprint density at radius 3 is 2.47 bits per heavy atom. The smallest absolute Gasteiger partial charge is 0.410 e. The molecule has 0 aromatic carbocycles. The Morgan fingerprint density at radius 1 is 1.16 bits per heavy atom. The van der Waals surface area contributed by atoms with Gasteiger partial charge < -0.3 is 9.64 Å². The average Bonchev–Trinajstić information content (AvgIpc) is 2.39. The summed E-state index contributed by atoms with van der Waals surface area (Å²) in [5.74, 6) is 1.84. The molecule has 3 atom stereocenters. The summed E-state index contributed by atoms with van der Waals surface area (Å²) in [5.41, 5.74) is 0. The van der Waals surface area contributed by atoms with Crippen LogP contribution in [0.1, 0.15) is 59.3 Å². The Balaban J connectivity index is 1.92. The molecule has 1 saturated carbocycles. The number of hydrogen-bond acceptors (Lipinski definition) is 2. The van der Waals surface area contributed by atoms with Crippen LogP contribution in [0.4, 0.5) is 4.79 Å². The number of nitrogens with zero attached hydrogens (tertiary/aromatic N) is 1. The molecule has 110 valence electrons. The fraction of sp³-hybridized carbons (Fsp3) is 0.938. The molecule has 1 amide bonds. The normalized spacial score (nSPS) is 32.4. The van der Waals surface area contributed by atoms with Gasteiger partial charge in [0, 0.05) is 13.1 Å². The van der Waals surface area contributed by atoms with Crippen LogP contribution in [0.15, 0.2) is 0 Å². The molecule has 19 heavy (non-hydrogen) atoms. The Labute approximate surface area is 117 Å². The van der Waals surface area contributed by atoms with E-state index in [-0.39, 0.29) is 12.2 Å². The largest absolute Gasteiger partial charge is 0.446 e. The molecule has 0 spiro atoms. The summed E-state index contributed by atoms with van der Waals surface area (Å²) >= 11 is 0. The van der Waals surface area contributed by atoms with Gasteiger partial charge in [0.05, 0.1) is 0 Å². The van der Waals surface area contributed by atoms with Crippen LogP contribution in [-0.4, -0.2) is 30.2 Å². The van der Waals surface area contributed by atoms with Crippen LogP contribution in [-0.2, 0) is 4.74 Å². The number of hydrogen-bond donors (Lipinski definition) is 0. The minimum Gasteiger partial charge on any atom is -0.446 e. The molecule has 0 bridgehead atoms. The zero-order valence-electron chi connectivity index (χ0n) is 12.7. The van der Waals surface area contributed by atoms with Crippen LogP contribution in [0, 0.1) is 17.8 Å². The van der Waals surface area contributed by atoms with Gasteiger partial charge in [-0.15, -0.1) is 0 Å². The van der Waals surface area contributed by atoms with E-state index in [0.29, 0.717) is 17.8 Å². The van der Waals surface area contributed by atoms with Crippen molar-refractivity contribution >= 4 is 6.09 Å². The molecule has 0 N–H and O–H groups in total. The number of piperidine rings is 1. The quantitative estimate of drug-likeness (QED) is 0.754. The van der Waals surface area contributed by atoms with Gasteiger partial charge in [-0.3, -0.25) is 0 Å². The highest BCUT2D eigenvalue weighted by molar-refractivity contribution is 5.67. The van der Waals surface area contributed by atoms with Crippen molar-refractivity contribution in [2.45, 2.75) is 65.4 Å². The molecule has 3 nitrogen and oxygen atoms in total. The third kappa shape index (κ3) is 3.87. The molecule has 1 heterocycles. The van der Waals surface area contributed by atoms with E-state index in [2.05, 4.69) is 20.8 Å². The van der Waals surface area contributed by atoms with E-state index >= 15 is 0 Å². The van der Waals surface area contributed by atoms with Crippen LogP contribution in [0.25, 0.3) is 0 Å². The number of ether oxygens (including phenoxy) is 1. The molecule has 0 radical (unpaired) electrons. The summed E-state index contributed by atoms with van der Waals surface area (Å²) < 4.78 is 5.86. The Bertz CT molecular complexity index is 297. The number of amides is 1. The molecular weight excluding hydrogens is 238 g/mol. The third-order valence-electron chi connectivity index (χ3n) is 4.83. The monoisotopic (exact) mass is 267 g/mol. The Kier molecular flexibility index (Phi) is 5.12. The molecule has 2 aliphatic rings. The highest BCUT2D eigenvalue weighted by Gasteiger charge is 2.34. The van der Waals surface area contributed by atoms with Gasteiger partial charge in [0.15, 0.2) is 0 Å². The van der Waals surface area contributed by atoms with Crippen molar-refractivity contribution in [3.63, 3.8) is 0 Å². The SMILES string of the molecule is CC1CCC(C(C)C)C(OC(=O)N2CCCCC2)C1. The highest BCUT2D eigenvalue weighted by Crippen LogP contribution is 2.35. The van der Waals surface area contributed by atoms with Crippen LogP contribution < -0.4 is 0 Å². The van der Waals surface area contributed by atoms with E-state index in [1.165, 1.54) is 19.3 Å². The van der Waals surface area contributed by atoms with E-state index in [0.717, 1.165) is 32.4 Å². The molecule has 0 aromatic rings. The van der Waals surface area contributed by atoms with E-state index in [1.807, 2.05) is 4.90 Å². The molecule has 1 saturated heterocycles. The fourth-order valence-electron chi connectivity index (χ4n) is 3.53. The van der Waals surface area contributed by atoms with Crippen LogP contribution in [0.5, 0.6) is 0 Å². The molecule has 1 aliphatic carbocycles. The van der Waals surface area contributed by atoms with Crippen LogP contribution in [0.2, 0.25) is 0 Å². The van der Waals surface area contributed by atoms with Crippen molar-refractivity contribution in [2.24, 2.45) is 17.8 Å². The molecule has 2 rings (SSSR count). The summed E-state index contributed by atoms with van der Waals surface area (Å²) in [6, 6.07) is 0. The second kappa shape index (κ2) is 6.62. The minimum atomic E-state index is -0.0653. The minimum absolute atomic E-state index is 0.0653. The summed E-state index contributed by atoms with van der Waals surface area (Å²) in [6.45, 7) is 8.55. The second-order valence-electron chi connectivity index (χ2n) is 6.80. The predicted octanol–water partition coefficient (Wildman–Crippen LogP) is 4.07. The van der Waals surface area contributed by atoms with Gasteiger partial charge in [-0.2, -0.15) is 0 Å². The summed E-state index contributed by atoms with van der Waals surface area (Å²) in [7, 11) is 0. The van der Waals surface area contributed by atoms with Crippen molar-refractivity contribution in [3.8, 4) is 0 Å². The maximum atomic E-state index is 12.2. The lowest BCUT2D eigenvalue weighted by Crippen LogP contribution is -2.42. The standard InChI is InChI=1S/C16H29NO2/c1-12(2)14-8-7-13(3)11-15(14)19-16(18)17-9-5-4-6-10-17/h12-15H,4-11H2,1-3H3. The maximum Gasteiger partial charge on any atom is 0.410 e. The molecule has 2 fully saturated rings. The highest BCUT2D eigenvalue weighted by atomic mass is 16.6. The zero-order valence-corrected chi connectivity index (χ0v) is 12.7. The van der Waals surface area contributed by atoms with E-state index < -0.39 is 0 Å². The van der Waals surface area contributed by atoms with Gasteiger partial charge in [-0.25, -0.2) is 4.79 Å². The lowest BCUT2D eigenvalue weighted by molar-refractivity contribution is -0.0121. The first-order valence-electron chi connectivity index (χ1n) is 8.03. The van der Waals surface area contributed by atoms with Crippen molar-refractivity contribution in [1.29, 1.82) is 0 Å². The third-order valence-corrected chi connectivity index (χ3v) is 4.83. The van der Waals surface area contributed by atoms with Gasteiger partial charge in [0.1, 0.15) is 6.10 Å². The maximum absolute atomic E-state index is 12.2. The van der Waals surface area contributed by atoms with E-state index in [4.69, 9.17) is 4.74 Å². The average molecular weight is 267 g/mol. The number of likely N-dealkylation sites (tertiary alicyclic amines) is 1. The molecule has 3 heteroatoms. The van der Waals surface area contributed by atoms with E-state index in [9.17, 15) is 4.79 Å². The Hall–Kier alpha value is -0.730. The van der Waals surface area contributed by atoms with Gasteiger partial charge in [-0.1, -0.05) is 27.2 Å². The number of rotatable bonds is 2. The molecule has 0 aromatic heterocycles.